The monoisotopic (exact) mass is 513 g/mol. The van der Waals surface area contributed by atoms with Crippen molar-refractivity contribution in [3.05, 3.63) is 77.6 Å². The number of hydrogen-bond acceptors (Lipinski definition) is 6. The van der Waals surface area contributed by atoms with Gasteiger partial charge < -0.3 is 4.90 Å². The molecule has 10 heteroatoms. The van der Waals surface area contributed by atoms with Crippen molar-refractivity contribution in [2.45, 2.75) is 37.4 Å². The third-order valence-corrected chi connectivity index (χ3v) is 8.62. The summed E-state index contributed by atoms with van der Waals surface area (Å²) in [4.78, 5) is 12.0. The first-order valence-electron chi connectivity index (χ1n) is 12.0. The fourth-order valence-electron chi connectivity index (χ4n) is 5.79. The molecule has 0 amide bonds. The van der Waals surface area contributed by atoms with E-state index in [1.165, 1.54) is 23.9 Å². The van der Waals surface area contributed by atoms with Gasteiger partial charge in [0.05, 0.1) is 11.9 Å². The number of halogens is 2. The van der Waals surface area contributed by atoms with Gasteiger partial charge in [0.25, 0.3) is 10.0 Å². The smallest absolute Gasteiger partial charge is 0.283 e. The lowest BCUT2D eigenvalue weighted by molar-refractivity contribution is 0.138. The molecule has 2 bridgehead atoms. The maximum Gasteiger partial charge on any atom is 0.283 e. The first-order valence-corrected chi connectivity index (χ1v) is 13.5. The standard InChI is InChI=1S/C26H29F2N5O2S/c1-17-21(13-29-26(24(17)28)36(34,35)31-23-10-6-9-22(27)30-23)32(2)25-19-11-12-20(25)16-33(15-19)14-18-7-4-3-5-8-18/h3-10,13,19-20,25H,11-12,14-16H2,1-2H3,(H,30,31)/t19-,20+,25?. The fourth-order valence-corrected chi connectivity index (χ4v) is 6.86. The summed E-state index contributed by atoms with van der Waals surface area (Å²) in [6.07, 6.45) is 3.63. The van der Waals surface area contributed by atoms with E-state index in [1.807, 2.05) is 13.1 Å². The van der Waals surface area contributed by atoms with Gasteiger partial charge in [-0.2, -0.15) is 12.8 Å². The average molecular weight is 514 g/mol. The Labute approximate surface area is 210 Å². The molecule has 1 aromatic carbocycles. The molecule has 3 aromatic rings. The number of likely N-dealkylation sites (tertiary alicyclic amines) is 1. The summed E-state index contributed by atoms with van der Waals surface area (Å²) in [6.45, 7) is 4.41. The lowest BCUT2D eigenvalue weighted by Gasteiger charge is -2.43. The molecule has 1 unspecified atom stereocenters. The van der Waals surface area contributed by atoms with Crippen molar-refractivity contribution in [2.24, 2.45) is 11.8 Å². The molecule has 1 saturated carbocycles. The van der Waals surface area contributed by atoms with Crippen LogP contribution in [0.2, 0.25) is 0 Å². The quantitative estimate of drug-likeness (QED) is 0.477. The molecule has 1 saturated heterocycles. The molecule has 3 atom stereocenters. The molecule has 3 heterocycles. The van der Waals surface area contributed by atoms with Gasteiger partial charge in [-0.3, -0.25) is 9.62 Å². The highest BCUT2D eigenvalue weighted by Crippen LogP contribution is 2.42. The fraction of sp³-hybridized carbons (Fsp3) is 0.385. The number of piperidine rings is 1. The number of nitrogens with zero attached hydrogens (tertiary/aromatic N) is 4. The van der Waals surface area contributed by atoms with Gasteiger partial charge in [-0.05, 0) is 49.3 Å². The number of hydrogen-bond donors (Lipinski definition) is 1. The van der Waals surface area contributed by atoms with E-state index in [-0.39, 0.29) is 17.4 Å². The summed E-state index contributed by atoms with van der Waals surface area (Å²) < 4.78 is 56.4. The van der Waals surface area contributed by atoms with Crippen LogP contribution in [-0.2, 0) is 16.6 Å². The molecule has 36 heavy (non-hydrogen) atoms. The number of fused-ring (bicyclic) bond motifs is 2. The maximum atomic E-state index is 15.4. The van der Waals surface area contributed by atoms with E-state index < -0.39 is 26.8 Å². The van der Waals surface area contributed by atoms with Crippen LogP contribution in [0.5, 0.6) is 0 Å². The van der Waals surface area contributed by atoms with Crippen molar-refractivity contribution in [3.8, 4) is 0 Å². The van der Waals surface area contributed by atoms with Gasteiger partial charge in [0, 0.05) is 38.3 Å². The Morgan fingerprint density at radius 1 is 1.06 bits per heavy atom. The Balaban J connectivity index is 1.34. The van der Waals surface area contributed by atoms with Crippen molar-refractivity contribution < 1.29 is 17.2 Å². The molecule has 2 fully saturated rings. The van der Waals surface area contributed by atoms with Crippen LogP contribution in [-0.4, -0.2) is 49.5 Å². The van der Waals surface area contributed by atoms with Crippen LogP contribution < -0.4 is 9.62 Å². The van der Waals surface area contributed by atoms with Crippen molar-refractivity contribution in [1.82, 2.24) is 14.9 Å². The number of pyridine rings is 2. The van der Waals surface area contributed by atoms with E-state index in [2.05, 4.69) is 48.8 Å². The van der Waals surface area contributed by atoms with E-state index in [9.17, 15) is 12.8 Å². The van der Waals surface area contributed by atoms with Crippen LogP contribution in [0.15, 0.2) is 59.8 Å². The molecule has 2 aromatic heterocycles. The highest BCUT2D eigenvalue weighted by atomic mass is 32.2. The van der Waals surface area contributed by atoms with Gasteiger partial charge in [0.2, 0.25) is 11.0 Å². The van der Waals surface area contributed by atoms with Crippen LogP contribution in [0.3, 0.4) is 0 Å². The Morgan fingerprint density at radius 3 is 2.42 bits per heavy atom. The zero-order valence-corrected chi connectivity index (χ0v) is 21.0. The Bertz CT molecular complexity index is 1340. The Morgan fingerprint density at radius 2 is 1.75 bits per heavy atom. The maximum absolute atomic E-state index is 15.4. The van der Waals surface area contributed by atoms with Gasteiger partial charge in [0.1, 0.15) is 5.82 Å². The van der Waals surface area contributed by atoms with Crippen molar-refractivity contribution in [3.63, 3.8) is 0 Å². The van der Waals surface area contributed by atoms with E-state index >= 15 is 4.39 Å². The van der Waals surface area contributed by atoms with Crippen LogP contribution in [0, 0.1) is 30.5 Å². The van der Waals surface area contributed by atoms with Crippen molar-refractivity contribution >= 4 is 21.5 Å². The number of rotatable bonds is 7. The highest BCUT2D eigenvalue weighted by Gasteiger charge is 2.44. The van der Waals surface area contributed by atoms with Gasteiger partial charge in [-0.25, -0.2) is 14.4 Å². The summed E-state index contributed by atoms with van der Waals surface area (Å²) in [5.74, 6) is -1.14. The van der Waals surface area contributed by atoms with Gasteiger partial charge in [-0.15, -0.1) is 0 Å². The van der Waals surface area contributed by atoms with Gasteiger partial charge in [-0.1, -0.05) is 36.4 Å². The third-order valence-electron chi connectivity index (χ3n) is 7.35. The number of sulfonamides is 1. The summed E-state index contributed by atoms with van der Waals surface area (Å²) in [5.41, 5.74) is 2.09. The highest BCUT2D eigenvalue weighted by molar-refractivity contribution is 7.92. The van der Waals surface area contributed by atoms with Crippen LogP contribution in [0.1, 0.15) is 24.0 Å². The van der Waals surface area contributed by atoms with Gasteiger partial charge >= 0.3 is 0 Å². The molecular formula is C26H29F2N5O2S. The SMILES string of the molecule is Cc1c(N(C)C2[C@@H]3CC[C@H]2CN(Cc2ccccc2)C3)cnc(S(=O)(=O)Nc2cccc(F)n2)c1F. The summed E-state index contributed by atoms with van der Waals surface area (Å²) in [7, 11) is -2.45. The second kappa shape index (κ2) is 9.74. The molecule has 1 N–H and O–H groups in total. The number of aromatic nitrogens is 2. The summed E-state index contributed by atoms with van der Waals surface area (Å²) in [6, 6.07) is 14.3. The van der Waals surface area contributed by atoms with Crippen molar-refractivity contribution in [1.29, 1.82) is 0 Å². The number of anilines is 2. The lowest BCUT2D eigenvalue weighted by Crippen LogP contribution is -2.51. The van der Waals surface area contributed by atoms with E-state index in [0.29, 0.717) is 17.5 Å². The van der Waals surface area contributed by atoms with E-state index in [1.54, 1.807) is 6.92 Å². The molecule has 190 valence electrons. The van der Waals surface area contributed by atoms with Gasteiger partial charge in [0.15, 0.2) is 5.82 Å². The van der Waals surface area contributed by atoms with Crippen LogP contribution in [0.4, 0.5) is 20.3 Å². The zero-order chi connectivity index (χ0) is 25.4. The summed E-state index contributed by atoms with van der Waals surface area (Å²) >= 11 is 0. The number of benzene rings is 1. The van der Waals surface area contributed by atoms with E-state index in [0.717, 1.165) is 38.5 Å². The first-order chi connectivity index (χ1) is 17.2. The minimum atomic E-state index is -4.39. The predicted octanol–water partition coefficient (Wildman–Crippen LogP) is 4.21. The molecule has 1 aliphatic carbocycles. The third kappa shape index (κ3) is 4.79. The van der Waals surface area contributed by atoms with Crippen LogP contribution >= 0.6 is 0 Å². The second-order valence-electron chi connectivity index (χ2n) is 9.72. The van der Waals surface area contributed by atoms with Crippen LogP contribution in [0.25, 0.3) is 0 Å². The Hall–Kier alpha value is -3.11. The van der Waals surface area contributed by atoms with E-state index in [4.69, 9.17) is 0 Å². The largest absolute Gasteiger partial charge is 0.369 e. The Kier molecular flexibility index (Phi) is 6.65. The molecule has 5 rings (SSSR count). The minimum Gasteiger partial charge on any atom is -0.369 e. The second-order valence-corrected chi connectivity index (χ2v) is 11.3. The lowest BCUT2D eigenvalue weighted by atomic mass is 9.90. The van der Waals surface area contributed by atoms with Crippen molar-refractivity contribution in [2.75, 3.05) is 29.8 Å². The first kappa shape index (κ1) is 24.6. The molecule has 1 aliphatic heterocycles. The molecule has 7 nitrogen and oxygen atoms in total. The average Bonchev–Trinajstić information content (AvgIpc) is 3.10. The molecule has 0 spiro atoms. The topological polar surface area (TPSA) is 78.4 Å². The molecule has 2 aliphatic rings. The molecular weight excluding hydrogens is 484 g/mol. The summed E-state index contributed by atoms with van der Waals surface area (Å²) in [5, 5.41) is -0.733. The molecule has 0 radical (unpaired) electrons. The zero-order valence-electron chi connectivity index (χ0n) is 20.2. The predicted molar refractivity (Wildman–Crippen MR) is 134 cm³/mol. The normalized spacial score (nSPS) is 21.9. The number of nitrogens with one attached hydrogen (secondary N) is 1. The minimum absolute atomic E-state index is 0.214.